The molecule has 0 radical (unpaired) electrons. The number of thiol groups is 1. The van der Waals surface area contributed by atoms with Crippen molar-refractivity contribution in [3.8, 4) is 0 Å². The van der Waals surface area contributed by atoms with Crippen molar-refractivity contribution in [3.63, 3.8) is 0 Å². The molecule has 0 fully saturated rings. The van der Waals surface area contributed by atoms with Gasteiger partial charge in [-0.25, -0.2) is 4.79 Å². The molecule has 0 aromatic carbocycles. The summed E-state index contributed by atoms with van der Waals surface area (Å²) in [5.74, 6) is -1.45. The number of ketones is 1. The summed E-state index contributed by atoms with van der Waals surface area (Å²) in [6.07, 6.45) is 1.76. The maximum Gasteiger partial charge on any atom is 0.328 e. The third-order valence-electron chi connectivity index (χ3n) is 0.665. The van der Waals surface area contributed by atoms with Crippen LogP contribution < -0.4 is 4.72 Å². The monoisotopic (exact) mass is 161 g/mol. The number of carboxylic acids is 1. The average molecular weight is 161 g/mol. The first kappa shape index (κ1) is 9.19. The van der Waals surface area contributed by atoms with Crippen molar-refractivity contribution in [1.82, 2.24) is 4.72 Å². The van der Waals surface area contributed by atoms with E-state index in [1.54, 1.807) is 0 Å². The highest BCUT2D eigenvalue weighted by Crippen LogP contribution is 1.76. The van der Waals surface area contributed by atoms with Gasteiger partial charge >= 0.3 is 5.97 Å². The Hall–Kier alpha value is -0.810. The van der Waals surface area contributed by atoms with Crippen LogP contribution in [0.5, 0.6) is 0 Å². The molecule has 0 amide bonds. The molecule has 0 aliphatic heterocycles. The zero-order valence-electron chi connectivity index (χ0n) is 5.07. The van der Waals surface area contributed by atoms with Gasteiger partial charge in [0.1, 0.15) is 0 Å². The van der Waals surface area contributed by atoms with Gasteiger partial charge in [-0.1, -0.05) is 12.8 Å². The Morgan fingerprint density at radius 2 is 2.10 bits per heavy atom. The van der Waals surface area contributed by atoms with Crippen LogP contribution in [0.4, 0.5) is 0 Å². The lowest BCUT2D eigenvalue weighted by Crippen LogP contribution is -2.11. The molecule has 0 bridgehead atoms. The first-order valence-corrected chi connectivity index (χ1v) is 2.92. The number of hydrogen-bond acceptors (Lipinski definition) is 4. The third-order valence-corrected chi connectivity index (χ3v) is 0.823. The van der Waals surface area contributed by atoms with E-state index < -0.39 is 5.97 Å². The van der Waals surface area contributed by atoms with E-state index in [4.69, 9.17) is 5.11 Å². The minimum atomic E-state index is -1.13. The Labute approximate surface area is 63.5 Å². The van der Waals surface area contributed by atoms with Crippen LogP contribution in [0.25, 0.3) is 0 Å². The van der Waals surface area contributed by atoms with Gasteiger partial charge in [0.05, 0.1) is 6.54 Å². The summed E-state index contributed by atoms with van der Waals surface area (Å²) in [5, 5.41) is 8.05. The van der Waals surface area contributed by atoms with Crippen molar-refractivity contribution in [2.75, 3.05) is 6.54 Å². The molecule has 10 heavy (non-hydrogen) atoms. The molecule has 0 saturated carbocycles. The molecule has 0 aliphatic carbocycles. The maximum atomic E-state index is 10.5. The van der Waals surface area contributed by atoms with E-state index in [1.165, 1.54) is 0 Å². The number of nitrogens with one attached hydrogen (secondary N) is 1. The standard InChI is InChI=1S/C5H7NO3S/c7-4(3-6-10)1-2-5(8)9/h1-2,6,10H,3H2,(H,8,9)/b2-1-. The van der Waals surface area contributed by atoms with E-state index in [9.17, 15) is 9.59 Å². The van der Waals surface area contributed by atoms with E-state index in [0.717, 1.165) is 12.2 Å². The molecule has 0 heterocycles. The fourth-order valence-electron chi connectivity index (χ4n) is 0.301. The summed E-state index contributed by atoms with van der Waals surface area (Å²) in [4.78, 5) is 20.3. The molecule has 0 aromatic rings. The fourth-order valence-corrected chi connectivity index (χ4v) is 0.457. The highest BCUT2D eigenvalue weighted by molar-refractivity contribution is 7.78. The molecular weight excluding hydrogens is 154 g/mol. The first-order valence-electron chi connectivity index (χ1n) is 2.47. The van der Waals surface area contributed by atoms with Crippen molar-refractivity contribution < 1.29 is 14.7 Å². The van der Waals surface area contributed by atoms with Crippen molar-refractivity contribution in [2.24, 2.45) is 0 Å². The van der Waals surface area contributed by atoms with Crippen LogP contribution in [0.1, 0.15) is 0 Å². The minimum Gasteiger partial charge on any atom is -0.478 e. The van der Waals surface area contributed by atoms with Crippen LogP contribution in [-0.4, -0.2) is 23.4 Å². The highest BCUT2D eigenvalue weighted by atomic mass is 32.1. The minimum absolute atomic E-state index is 0.0346. The summed E-state index contributed by atoms with van der Waals surface area (Å²) in [6.45, 7) is 0.0346. The molecule has 0 aliphatic rings. The van der Waals surface area contributed by atoms with Gasteiger partial charge in [0, 0.05) is 6.08 Å². The number of carbonyl (C=O) groups is 2. The van der Waals surface area contributed by atoms with Gasteiger partial charge < -0.3 is 5.11 Å². The Bertz CT molecular complexity index is 166. The topological polar surface area (TPSA) is 66.4 Å². The summed E-state index contributed by atoms with van der Waals surface area (Å²) in [6, 6.07) is 0. The molecule has 0 aromatic heterocycles. The van der Waals surface area contributed by atoms with Gasteiger partial charge in [0.25, 0.3) is 0 Å². The van der Waals surface area contributed by atoms with Crippen molar-refractivity contribution >= 4 is 24.6 Å². The van der Waals surface area contributed by atoms with Crippen LogP contribution in [-0.2, 0) is 9.59 Å². The van der Waals surface area contributed by atoms with Gasteiger partial charge in [0.15, 0.2) is 5.78 Å². The third kappa shape index (κ3) is 5.33. The lowest BCUT2D eigenvalue weighted by atomic mass is 10.3. The van der Waals surface area contributed by atoms with E-state index in [1.807, 2.05) is 0 Å². The second-order valence-electron chi connectivity index (χ2n) is 1.47. The smallest absolute Gasteiger partial charge is 0.328 e. The molecule has 0 unspecified atom stereocenters. The van der Waals surface area contributed by atoms with E-state index in [2.05, 4.69) is 17.5 Å². The number of aliphatic carboxylic acids is 1. The molecule has 4 nitrogen and oxygen atoms in total. The molecule has 0 atom stereocenters. The van der Waals surface area contributed by atoms with Crippen LogP contribution in [0.2, 0.25) is 0 Å². The Kier molecular flexibility index (Phi) is 4.61. The summed E-state index contributed by atoms with van der Waals surface area (Å²) >= 11 is 3.55. The molecule has 0 spiro atoms. The zero-order valence-corrected chi connectivity index (χ0v) is 5.97. The van der Waals surface area contributed by atoms with E-state index >= 15 is 0 Å². The van der Waals surface area contributed by atoms with Crippen LogP contribution >= 0.6 is 12.8 Å². The van der Waals surface area contributed by atoms with Gasteiger partial charge in [-0.15, -0.1) is 0 Å². The maximum absolute atomic E-state index is 10.5. The van der Waals surface area contributed by atoms with Gasteiger partial charge in [-0.2, -0.15) is 0 Å². The number of carbonyl (C=O) groups excluding carboxylic acids is 1. The van der Waals surface area contributed by atoms with Crippen molar-refractivity contribution in [2.45, 2.75) is 0 Å². The largest absolute Gasteiger partial charge is 0.478 e. The second kappa shape index (κ2) is 5.01. The normalized spacial score (nSPS) is 10.1. The molecule has 0 rings (SSSR count). The van der Waals surface area contributed by atoms with Gasteiger partial charge in [0.2, 0.25) is 0 Å². The molecular formula is C5H7NO3S. The summed E-state index contributed by atoms with van der Waals surface area (Å²) in [5.41, 5.74) is 0. The van der Waals surface area contributed by atoms with Crippen molar-refractivity contribution in [1.29, 1.82) is 0 Å². The predicted molar refractivity (Wildman–Crippen MR) is 38.8 cm³/mol. The quantitative estimate of drug-likeness (QED) is 0.389. The van der Waals surface area contributed by atoms with Gasteiger partial charge in [-0.3, -0.25) is 9.52 Å². The van der Waals surface area contributed by atoms with Crippen LogP contribution in [0.15, 0.2) is 12.2 Å². The Morgan fingerprint density at radius 3 is 2.50 bits per heavy atom. The number of carboxylic acid groups (broad SMARTS) is 1. The number of rotatable bonds is 4. The summed E-state index contributed by atoms with van der Waals surface area (Å²) in [7, 11) is 0. The van der Waals surface area contributed by atoms with Gasteiger partial charge in [-0.05, 0) is 6.08 Å². The second-order valence-corrected chi connectivity index (χ2v) is 1.79. The lowest BCUT2D eigenvalue weighted by Gasteiger charge is -1.87. The Morgan fingerprint density at radius 1 is 1.50 bits per heavy atom. The molecule has 2 N–H and O–H groups in total. The lowest BCUT2D eigenvalue weighted by molar-refractivity contribution is -0.131. The number of hydrogen-bond donors (Lipinski definition) is 3. The molecule has 56 valence electrons. The Balaban J connectivity index is 3.67. The van der Waals surface area contributed by atoms with Crippen LogP contribution in [0, 0.1) is 0 Å². The highest BCUT2D eigenvalue weighted by Gasteiger charge is 1.93. The first-order chi connectivity index (χ1) is 4.66. The molecule has 0 saturated heterocycles. The van der Waals surface area contributed by atoms with Crippen LogP contribution in [0.3, 0.4) is 0 Å². The van der Waals surface area contributed by atoms with E-state index in [0.29, 0.717) is 0 Å². The van der Waals surface area contributed by atoms with Crippen molar-refractivity contribution in [3.05, 3.63) is 12.2 Å². The predicted octanol–water partition coefficient (Wildman–Crippen LogP) is -0.369. The molecule has 5 heteroatoms. The summed E-state index contributed by atoms with van der Waals surface area (Å²) < 4.78 is 2.29. The fraction of sp³-hybridized carbons (Fsp3) is 0.200. The zero-order chi connectivity index (χ0) is 7.98. The van der Waals surface area contributed by atoms with E-state index in [-0.39, 0.29) is 12.3 Å². The average Bonchev–Trinajstić information content (AvgIpc) is 1.85. The SMILES string of the molecule is O=C(O)/C=C\C(=O)CNS.